The summed E-state index contributed by atoms with van der Waals surface area (Å²) in [7, 11) is 0. The zero-order chi connectivity index (χ0) is 13.0. The number of aromatic nitrogens is 3. The van der Waals surface area contributed by atoms with E-state index in [1.54, 1.807) is 18.0 Å². The highest BCUT2D eigenvalue weighted by atomic mass is 32.2. The molecule has 18 heavy (non-hydrogen) atoms. The van der Waals surface area contributed by atoms with E-state index in [4.69, 9.17) is 9.68 Å². The molecule has 2 aromatic heterocycles. The molecule has 0 bridgehead atoms. The fourth-order valence-electron chi connectivity index (χ4n) is 1.51. The smallest absolute Gasteiger partial charge is 0.200 e. The molecule has 6 heteroatoms. The van der Waals surface area contributed by atoms with Gasteiger partial charge in [-0.2, -0.15) is 5.26 Å². The molecule has 0 saturated carbocycles. The molecule has 0 N–H and O–H groups in total. The van der Waals surface area contributed by atoms with Gasteiger partial charge in [0.1, 0.15) is 0 Å². The summed E-state index contributed by atoms with van der Waals surface area (Å²) < 4.78 is 7.33. The van der Waals surface area contributed by atoms with Crippen LogP contribution in [0.3, 0.4) is 0 Å². The van der Waals surface area contributed by atoms with Gasteiger partial charge in [0.05, 0.1) is 18.3 Å². The Morgan fingerprint density at radius 1 is 1.56 bits per heavy atom. The number of hydrogen-bond donors (Lipinski definition) is 0. The SMILES string of the molecule is CCn1c(SCC(C)C#N)nnc1-c1ccco1. The van der Waals surface area contributed by atoms with Crippen LogP contribution in [0, 0.1) is 17.2 Å². The molecular formula is C12H14N4OS. The van der Waals surface area contributed by atoms with Crippen LogP contribution in [-0.2, 0) is 6.54 Å². The minimum atomic E-state index is 0.00377. The molecule has 2 aromatic rings. The first-order valence-corrected chi connectivity index (χ1v) is 6.74. The first-order valence-electron chi connectivity index (χ1n) is 5.75. The molecule has 2 rings (SSSR count). The fourth-order valence-corrected chi connectivity index (χ4v) is 2.45. The molecule has 0 aliphatic heterocycles. The standard InChI is InChI=1S/C12H14N4OS/c1-3-16-11(10-5-4-6-17-10)14-15-12(16)18-8-9(2)7-13/h4-6,9H,3,8H2,1-2H3. The lowest BCUT2D eigenvalue weighted by molar-refractivity contribution is 0.567. The minimum Gasteiger partial charge on any atom is -0.461 e. The monoisotopic (exact) mass is 262 g/mol. The Morgan fingerprint density at radius 3 is 3.00 bits per heavy atom. The van der Waals surface area contributed by atoms with E-state index < -0.39 is 0 Å². The molecule has 0 aromatic carbocycles. The zero-order valence-electron chi connectivity index (χ0n) is 10.3. The maximum Gasteiger partial charge on any atom is 0.200 e. The van der Waals surface area contributed by atoms with E-state index in [0.29, 0.717) is 11.5 Å². The van der Waals surface area contributed by atoms with Crippen LogP contribution in [0.15, 0.2) is 28.0 Å². The third-order valence-corrected chi connectivity index (χ3v) is 3.68. The quantitative estimate of drug-likeness (QED) is 0.775. The van der Waals surface area contributed by atoms with Gasteiger partial charge < -0.3 is 4.42 Å². The first kappa shape index (κ1) is 12.7. The van der Waals surface area contributed by atoms with Crippen molar-refractivity contribution in [2.24, 2.45) is 5.92 Å². The van der Waals surface area contributed by atoms with Crippen molar-refractivity contribution in [3.05, 3.63) is 18.4 Å². The highest BCUT2D eigenvalue weighted by Crippen LogP contribution is 2.25. The van der Waals surface area contributed by atoms with Crippen molar-refractivity contribution < 1.29 is 4.42 Å². The summed E-state index contributed by atoms with van der Waals surface area (Å²) >= 11 is 1.55. The van der Waals surface area contributed by atoms with Crippen LogP contribution >= 0.6 is 11.8 Å². The van der Waals surface area contributed by atoms with Gasteiger partial charge in [-0.25, -0.2) is 0 Å². The van der Waals surface area contributed by atoms with Gasteiger partial charge in [-0.05, 0) is 26.0 Å². The van der Waals surface area contributed by atoms with E-state index >= 15 is 0 Å². The minimum absolute atomic E-state index is 0.00377. The lowest BCUT2D eigenvalue weighted by Gasteiger charge is -2.06. The van der Waals surface area contributed by atoms with Gasteiger partial charge >= 0.3 is 0 Å². The van der Waals surface area contributed by atoms with Crippen LogP contribution in [0.5, 0.6) is 0 Å². The number of thioether (sulfide) groups is 1. The van der Waals surface area contributed by atoms with Crippen molar-refractivity contribution in [1.82, 2.24) is 14.8 Å². The topological polar surface area (TPSA) is 67.6 Å². The van der Waals surface area contributed by atoms with E-state index in [-0.39, 0.29) is 5.92 Å². The van der Waals surface area contributed by atoms with Crippen LogP contribution < -0.4 is 0 Å². The summed E-state index contributed by atoms with van der Waals surface area (Å²) in [6, 6.07) is 5.90. The Bertz CT molecular complexity index is 541. The molecule has 94 valence electrons. The third-order valence-electron chi connectivity index (χ3n) is 2.46. The van der Waals surface area contributed by atoms with Crippen LogP contribution in [0.1, 0.15) is 13.8 Å². The van der Waals surface area contributed by atoms with E-state index in [0.717, 1.165) is 17.5 Å². The Morgan fingerprint density at radius 2 is 2.39 bits per heavy atom. The Labute approximate surface area is 110 Å². The number of nitrogens with zero attached hydrogens (tertiary/aromatic N) is 4. The first-order chi connectivity index (χ1) is 8.76. The summed E-state index contributed by atoms with van der Waals surface area (Å²) in [4.78, 5) is 0. The van der Waals surface area contributed by atoms with Crippen molar-refractivity contribution in [3.8, 4) is 17.7 Å². The van der Waals surface area contributed by atoms with Crippen molar-refractivity contribution in [3.63, 3.8) is 0 Å². The molecule has 1 unspecified atom stereocenters. The second-order valence-corrected chi connectivity index (χ2v) is 4.86. The van der Waals surface area contributed by atoms with Gasteiger partial charge in [0, 0.05) is 12.3 Å². The highest BCUT2D eigenvalue weighted by molar-refractivity contribution is 7.99. The number of rotatable bonds is 5. The molecule has 0 radical (unpaired) electrons. The molecular weight excluding hydrogens is 248 g/mol. The Hall–Kier alpha value is -1.74. The van der Waals surface area contributed by atoms with Crippen LogP contribution in [0.4, 0.5) is 0 Å². The van der Waals surface area contributed by atoms with Gasteiger partial charge in [-0.15, -0.1) is 10.2 Å². The normalized spacial score (nSPS) is 12.3. The van der Waals surface area contributed by atoms with Gasteiger partial charge in [0.15, 0.2) is 16.7 Å². The summed E-state index contributed by atoms with van der Waals surface area (Å²) in [5.41, 5.74) is 0. The van der Waals surface area contributed by atoms with Crippen molar-refractivity contribution in [2.45, 2.75) is 25.5 Å². The molecule has 0 spiro atoms. The zero-order valence-corrected chi connectivity index (χ0v) is 11.1. The van der Waals surface area contributed by atoms with Crippen molar-refractivity contribution >= 4 is 11.8 Å². The number of nitriles is 1. The second kappa shape index (κ2) is 5.74. The van der Waals surface area contributed by atoms with Gasteiger partial charge in [-0.1, -0.05) is 11.8 Å². The maximum absolute atomic E-state index is 8.77. The molecule has 0 aliphatic carbocycles. The van der Waals surface area contributed by atoms with Crippen molar-refractivity contribution in [1.29, 1.82) is 5.26 Å². The van der Waals surface area contributed by atoms with Crippen LogP contribution in [-0.4, -0.2) is 20.5 Å². The van der Waals surface area contributed by atoms with Crippen LogP contribution in [0.25, 0.3) is 11.6 Å². The Kier molecular flexibility index (Phi) is 4.05. The molecule has 5 nitrogen and oxygen atoms in total. The molecule has 0 amide bonds. The number of hydrogen-bond acceptors (Lipinski definition) is 5. The molecule has 0 fully saturated rings. The summed E-state index contributed by atoms with van der Waals surface area (Å²) in [6.07, 6.45) is 1.62. The predicted octanol–water partition coefficient (Wildman–Crippen LogP) is 2.81. The summed E-state index contributed by atoms with van der Waals surface area (Å²) in [6.45, 7) is 4.70. The van der Waals surface area contributed by atoms with Gasteiger partial charge in [0.25, 0.3) is 0 Å². The molecule has 2 heterocycles. The van der Waals surface area contributed by atoms with Crippen LogP contribution in [0.2, 0.25) is 0 Å². The molecule has 1 atom stereocenters. The van der Waals surface area contributed by atoms with E-state index in [1.165, 1.54) is 0 Å². The lowest BCUT2D eigenvalue weighted by Crippen LogP contribution is -2.01. The third kappa shape index (κ3) is 2.57. The largest absolute Gasteiger partial charge is 0.461 e. The van der Waals surface area contributed by atoms with E-state index in [9.17, 15) is 0 Å². The molecule has 0 saturated heterocycles. The fraction of sp³-hybridized carbons (Fsp3) is 0.417. The second-order valence-electron chi connectivity index (χ2n) is 3.87. The summed E-state index contributed by atoms with van der Waals surface area (Å²) in [5, 5.41) is 17.9. The Balaban J connectivity index is 2.20. The van der Waals surface area contributed by atoms with Gasteiger partial charge in [0.2, 0.25) is 0 Å². The van der Waals surface area contributed by atoms with E-state index in [1.807, 2.05) is 30.5 Å². The molecule has 0 aliphatic rings. The maximum atomic E-state index is 8.77. The van der Waals surface area contributed by atoms with Gasteiger partial charge in [-0.3, -0.25) is 4.57 Å². The van der Waals surface area contributed by atoms with E-state index in [2.05, 4.69) is 16.3 Å². The average Bonchev–Trinajstić information content (AvgIpc) is 3.03. The number of furan rings is 1. The van der Waals surface area contributed by atoms with Crippen molar-refractivity contribution in [2.75, 3.05) is 5.75 Å². The highest BCUT2D eigenvalue weighted by Gasteiger charge is 2.15. The summed E-state index contributed by atoms with van der Waals surface area (Å²) in [5.74, 6) is 2.16. The average molecular weight is 262 g/mol. The lowest BCUT2D eigenvalue weighted by atomic mass is 10.3. The predicted molar refractivity (Wildman–Crippen MR) is 68.9 cm³/mol.